The highest BCUT2D eigenvalue weighted by atomic mass is 35.5. The first kappa shape index (κ1) is 18.1. The Labute approximate surface area is 125 Å². The average Bonchev–Trinajstić information content (AvgIpc) is 2.79. The summed E-state index contributed by atoms with van der Waals surface area (Å²) in [5.74, 6) is -1.21. The summed E-state index contributed by atoms with van der Waals surface area (Å²) in [5.41, 5.74) is -1.20. The van der Waals surface area contributed by atoms with Crippen molar-refractivity contribution in [2.75, 3.05) is 13.1 Å². The van der Waals surface area contributed by atoms with Gasteiger partial charge in [0.15, 0.2) is 0 Å². The van der Waals surface area contributed by atoms with Crippen molar-refractivity contribution in [1.82, 2.24) is 10.0 Å². The van der Waals surface area contributed by atoms with E-state index in [4.69, 9.17) is 0 Å². The Morgan fingerprint density at radius 3 is 2.48 bits per heavy atom. The number of hydrogen-bond acceptors (Lipinski definition) is 3. The third-order valence-corrected chi connectivity index (χ3v) is 4.47. The summed E-state index contributed by atoms with van der Waals surface area (Å²) in [6, 6.07) is 0.865. The zero-order valence-electron chi connectivity index (χ0n) is 10.6. The fourth-order valence-corrected chi connectivity index (χ4v) is 3.30. The van der Waals surface area contributed by atoms with Crippen molar-refractivity contribution in [3.05, 3.63) is 29.6 Å². The van der Waals surface area contributed by atoms with Crippen LogP contribution in [0.3, 0.4) is 0 Å². The molecule has 120 valence electrons. The van der Waals surface area contributed by atoms with Crippen LogP contribution in [0.15, 0.2) is 23.1 Å². The highest BCUT2D eigenvalue weighted by Gasteiger charge is 2.33. The Hall–Kier alpha value is -0.900. The first-order valence-corrected chi connectivity index (χ1v) is 7.28. The fraction of sp³-hybridized carbons (Fsp3) is 0.455. The summed E-state index contributed by atoms with van der Waals surface area (Å²) in [5, 5.41) is 2.90. The summed E-state index contributed by atoms with van der Waals surface area (Å²) >= 11 is 0. The molecule has 1 saturated heterocycles. The molecule has 0 bridgehead atoms. The highest BCUT2D eigenvalue weighted by Crippen LogP contribution is 2.31. The Kier molecular flexibility index (Phi) is 5.59. The topological polar surface area (TPSA) is 58.2 Å². The van der Waals surface area contributed by atoms with Crippen molar-refractivity contribution in [2.24, 2.45) is 0 Å². The van der Waals surface area contributed by atoms with Crippen molar-refractivity contribution in [2.45, 2.75) is 23.5 Å². The van der Waals surface area contributed by atoms with Gasteiger partial charge in [0.1, 0.15) is 10.7 Å². The lowest BCUT2D eigenvalue weighted by molar-refractivity contribution is -0.137. The lowest BCUT2D eigenvalue weighted by Gasteiger charge is -2.14. The molecule has 0 radical (unpaired) electrons. The quantitative estimate of drug-likeness (QED) is 0.820. The van der Waals surface area contributed by atoms with Gasteiger partial charge in [-0.25, -0.2) is 17.5 Å². The smallest absolute Gasteiger partial charge is 0.315 e. The predicted octanol–water partition coefficient (Wildman–Crippen LogP) is 1.91. The van der Waals surface area contributed by atoms with Gasteiger partial charge in [0.25, 0.3) is 0 Å². The summed E-state index contributed by atoms with van der Waals surface area (Å²) in [6.45, 7) is 0.956. The number of rotatable bonds is 3. The van der Waals surface area contributed by atoms with Gasteiger partial charge in [0.2, 0.25) is 10.0 Å². The first-order valence-electron chi connectivity index (χ1n) is 5.80. The molecule has 1 heterocycles. The van der Waals surface area contributed by atoms with Crippen LogP contribution in [0.25, 0.3) is 0 Å². The van der Waals surface area contributed by atoms with Gasteiger partial charge < -0.3 is 5.32 Å². The van der Waals surface area contributed by atoms with E-state index in [0.717, 1.165) is 0 Å². The second-order valence-electron chi connectivity index (χ2n) is 4.45. The van der Waals surface area contributed by atoms with Crippen LogP contribution in [0.4, 0.5) is 17.6 Å². The maximum Gasteiger partial charge on any atom is 0.416 e. The van der Waals surface area contributed by atoms with E-state index in [2.05, 4.69) is 10.0 Å². The van der Waals surface area contributed by atoms with Crippen LogP contribution in [0.1, 0.15) is 12.0 Å². The van der Waals surface area contributed by atoms with Gasteiger partial charge in [-0.15, -0.1) is 12.4 Å². The number of benzene rings is 1. The van der Waals surface area contributed by atoms with Gasteiger partial charge in [0, 0.05) is 12.6 Å². The summed E-state index contributed by atoms with van der Waals surface area (Å²) in [4.78, 5) is -0.987. The second kappa shape index (κ2) is 6.47. The third-order valence-electron chi connectivity index (χ3n) is 2.93. The molecule has 1 atom stereocenters. The van der Waals surface area contributed by atoms with E-state index in [1.807, 2.05) is 0 Å². The zero-order chi connectivity index (χ0) is 15.0. The molecule has 2 N–H and O–H groups in total. The largest absolute Gasteiger partial charge is 0.416 e. The number of sulfonamides is 1. The van der Waals surface area contributed by atoms with E-state index in [1.165, 1.54) is 0 Å². The monoisotopic (exact) mass is 348 g/mol. The van der Waals surface area contributed by atoms with E-state index in [-0.39, 0.29) is 12.4 Å². The summed E-state index contributed by atoms with van der Waals surface area (Å²) < 4.78 is 77.2. The molecule has 10 heteroatoms. The molecule has 2 rings (SSSR count). The standard InChI is InChI=1S/C11H12F4N2O2S.ClH/c12-9-2-1-7(11(13,14)15)5-10(9)20(18,19)17-8-3-4-16-6-8;/h1-2,5,8,16-17H,3-4,6H2;1H. The van der Waals surface area contributed by atoms with Crippen LogP contribution >= 0.6 is 12.4 Å². The van der Waals surface area contributed by atoms with E-state index >= 15 is 0 Å². The number of alkyl halides is 3. The minimum atomic E-state index is -4.73. The van der Waals surface area contributed by atoms with Gasteiger partial charge >= 0.3 is 6.18 Å². The summed E-state index contributed by atoms with van der Waals surface area (Å²) in [7, 11) is -4.32. The lowest BCUT2D eigenvalue weighted by Crippen LogP contribution is -2.36. The van der Waals surface area contributed by atoms with Crippen LogP contribution in [0.2, 0.25) is 0 Å². The number of nitrogens with one attached hydrogen (secondary N) is 2. The molecule has 0 aromatic heterocycles. The molecule has 0 spiro atoms. The fourth-order valence-electron chi connectivity index (χ4n) is 1.92. The number of hydrogen-bond donors (Lipinski definition) is 2. The minimum Gasteiger partial charge on any atom is -0.315 e. The van der Waals surface area contributed by atoms with E-state index in [9.17, 15) is 26.0 Å². The molecule has 1 aromatic carbocycles. The number of halogens is 5. The van der Waals surface area contributed by atoms with Crippen LogP contribution in [0, 0.1) is 5.82 Å². The van der Waals surface area contributed by atoms with Gasteiger partial charge in [-0.2, -0.15) is 13.2 Å². The van der Waals surface area contributed by atoms with Crippen molar-refractivity contribution in [3.63, 3.8) is 0 Å². The Balaban J connectivity index is 0.00000220. The molecule has 0 saturated carbocycles. The Bertz CT molecular complexity index is 601. The molecule has 21 heavy (non-hydrogen) atoms. The second-order valence-corrected chi connectivity index (χ2v) is 6.14. The average molecular weight is 349 g/mol. The highest BCUT2D eigenvalue weighted by molar-refractivity contribution is 7.89. The van der Waals surface area contributed by atoms with E-state index < -0.39 is 38.5 Å². The minimum absolute atomic E-state index is 0. The van der Waals surface area contributed by atoms with Gasteiger partial charge in [-0.3, -0.25) is 0 Å². The molecule has 1 fully saturated rings. The molecule has 1 aliphatic rings. The SMILES string of the molecule is Cl.O=S(=O)(NC1CCNC1)c1cc(C(F)(F)F)ccc1F. The summed E-state index contributed by atoms with van der Waals surface area (Å²) in [6.07, 6.45) is -4.23. The van der Waals surface area contributed by atoms with Crippen LogP contribution in [0.5, 0.6) is 0 Å². The molecule has 1 aliphatic heterocycles. The molecule has 0 aliphatic carbocycles. The maximum absolute atomic E-state index is 13.5. The lowest BCUT2D eigenvalue weighted by atomic mass is 10.2. The molecular formula is C11H13ClF4N2O2S. The van der Waals surface area contributed by atoms with Crippen molar-refractivity contribution in [1.29, 1.82) is 0 Å². The zero-order valence-corrected chi connectivity index (χ0v) is 12.2. The van der Waals surface area contributed by atoms with Gasteiger partial charge in [0.05, 0.1) is 5.56 Å². The normalized spacial score (nSPS) is 19.3. The van der Waals surface area contributed by atoms with E-state index in [0.29, 0.717) is 37.7 Å². The molecular weight excluding hydrogens is 336 g/mol. The molecule has 0 amide bonds. The van der Waals surface area contributed by atoms with Crippen molar-refractivity contribution in [3.8, 4) is 0 Å². The van der Waals surface area contributed by atoms with Crippen molar-refractivity contribution < 1.29 is 26.0 Å². The third kappa shape index (κ3) is 4.29. The first-order chi connectivity index (χ1) is 9.20. The molecule has 1 unspecified atom stereocenters. The Morgan fingerprint density at radius 1 is 1.29 bits per heavy atom. The van der Waals surface area contributed by atoms with Gasteiger partial charge in [-0.05, 0) is 31.2 Å². The Morgan fingerprint density at radius 2 is 1.95 bits per heavy atom. The van der Waals surface area contributed by atoms with Gasteiger partial charge in [-0.1, -0.05) is 0 Å². The van der Waals surface area contributed by atoms with Crippen LogP contribution in [-0.2, 0) is 16.2 Å². The van der Waals surface area contributed by atoms with Crippen LogP contribution in [-0.4, -0.2) is 27.5 Å². The molecule has 4 nitrogen and oxygen atoms in total. The van der Waals surface area contributed by atoms with Crippen LogP contribution < -0.4 is 10.0 Å². The maximum atomic E-state index is 13.5. The van der Waals surface area contributed by atoms with E-state index in [1.54, 1.807) is 0 Å². The molecule has 1 aromatic rings. The van der Waals surface area contributed by atoms with Crippen molar-refractivity contribution >= 4 is 22.4 Å². The predicted molar refractivity (Wildman–Crippen MR) is 70.2 cm³/mol.